The fourth-order valence-electron chi connectivity index (χ4n) is 2.21. The average molecular weight is 257 g/mol. The molecule has 5 heteroatoms. The Morgan fingerprint density at radius 2 is 1.95 bits per heavy atom. The highest BCUT2D eigenvalue weighted by molar-refractivity contribution is 5.59. The second-order valence-electron chi connectivity index (χ2n) is 4.86. The van der Waals surface area contributed by atoms with E-state index >= 15 is 0 Å². The topological polar surface area (TPSA) is 76.7 Å². The van der Waals surface area contributed by atoms with Crippen molar-refractivity contribution in [2.75, 3.05) is 5.43 Å². The molecule has 0 spiro atoms. The van der Waals surface area contributed by atoms with Crippen molar-refractivity contribution in [1.29, 1.82) is 0 Å². The van der Waals surface area contributed by atoms with Crippen molar-refractivity contribution >= 4 is 5.82 Å². The van der Waals surface area contributed by atoms with Gasteiger partial charge in [-0.15, -0.1) is 0 Å². The van der Waals surface area contributed by atoms with Crippen LogP contribution in [0.5, 0.6) is 0 Å². The van der Waals surface area contributed by atoms with E-state index in [0.29, 0.717) is 17.6 Å². The van der Waals surface area contributed by atoms with E-state index in [1.807, 2.05) is 26.0 Å². The van der Waals surface area contributed by atoms with Gasteiger partial charge in [0.1, 0.15) is 11.5 Å². The first-order chi connectivity index (χ1) is 9.04. The summed E-state index contributed by atoms with van der Waals surface area (Å²) < 4.78 is 0. The Hall–Kier alpha value is -2.01. The van der Waals surface area contributed by atoms with Crippen LogP contribution in [-0.2, 0) is 0 Å². The maximum atomic E-state index is 5.58. The van der Waals surface area contributed by atoms with Crippen molar-refractivity contribution in [1.82, 2.24) is 15.0 Å². The third-order valence-corrected chi connectivity index (χ3v) is 3.07. The van der Waals surface area contributed by atoms with Crippen LogP contribution in [-0.4, -0.2) is 15.0 Å². The number of hydrazine groups is 1. The zero-order valence-corrected chi connectivity index (χ0v) is 11.7. The molecule has 0 fully saturated rings. The minimum absolute atomic E-state index is 0.310. The van der Waals surface area contributed by atoms with Crippen molar-refractivity contribution in [3.63, 3.8) is 0 Å². The van der Waals surface area contributed by atoms with E-state index < -0.39 is 0 Å². The lowest BCUT2D eigenvalue weighted by molar-refractivity contribution is 0.831. The molecule has 0 unspecified atom stereocenters. The number of pyridine rings is 1. The van der Waals surface area contributed by atoms with Crippen molar-refractivity contribution in [2.45, 2.75) is 33.6 Å². The third kappa shape index (κ3) is 2.56. The lowest BCUT2D eigenvalue weighted by Gasteiger charge is -2.15. The molecule has 0 aliphatic heterocycles. The van der Waals surface area contributed by atoms with Gasteiger partial charge in [0.15, 0.2) is 5.82 Å². The first-order valence-corrected chi connectivity index (χ1v) is 6.31. The molecule has 0 saturated heterocycles. The summed E-state index contributed by atoms with van der Waals surface area (Å²) in [6.07, 6.45) is 1.74. The average Bonchev–Trinajstić information content (AvgIpc) is 2.37. The first kappa shape index (κ1) is 13.4. The molecule has 0 aliphatic carbocycles. The lowest BCUT2D eigenvalue weighted by atomic mass is 10.0. The van der Waals surface area contributed by atoms with Crippen molar-refractivity contribution in [2.24, 2.45) is 5.84 Å². The van der Waals surface area contributed by atoms with E-state index in [-0.39, 0.29) is 0 Å². The Morgan fingerprint density at radius 1 is 1.21 bits per heavy atom. The van der Waals surface area contributed by atoms with Crippen LogP contribution in [0.4, 0.5) is 5.82 Å². The second-order valence-corrected chi connectivity index (χ2v) is 4.86. The molecule has 0 aliphatic rings. The van der Waals surface area contributed by atoms with Crippen LogP contribution >= 0.6 is 0 Å². The van der Waals surface area contributed by atoms with Gasteiger partial charge < -0.3 is 5.43 Å². The van der Waals surface area contributed by atoms with Gasteiger partial charge in [-0.25, -0.2) is 15.8 Å². The molecule has 0 amide bonds. The number of nitrogens with one attached hydrogen (secondary N) is 1. The van der Waals surface area contributed by atoms with Crippen LogP contribution in [0, 0.1) is 13.8 Å². The van der Waals surface area contributed by atoms with E-state index in [4.69, 9.17) is 5.84 Å². The molecule has 19 heavy (non-hydrogen) atoms. The number of nitrogen functional groups attached to an aromatic ring is 1. The molecule has 5 nitrogen and oxygen atoms in total. The van der Waals surface area contributed by atoms with Gasteiger partial charge in [-0.05, 0) is 31.4 Å². The molecule has 0 bridgehead atoms. The molecule has 2 heterocycles. The number of aromatic nitrogens is 3. The minimum atomic E-state index is 0.310. The van der Waals surface area contributed by atoms with Crippen LogP contribution in [0.3, 0.4) is 0 Å². The van der Waals surface area contributed by atoms with Crippen molar-refractivity contribution in [3.8, 4) is 11.5 Å². The third-order valence-electron chi connectivity index (χ3n) is 3.07. The number of hydrogen-bond acceptors (Lipinski definition) is 5. The molecular weight excluding hydrogens is 238 g/mol. The highest BCUT2D eigenvalue weighted by Crippen LogP contribution is 2.27. The fourth-order valence-corrected chi connectivity index (χ4v) is 2.21. The summed E-state index contributed by atoms with van der Waals surface area (Å²) in [5, 5.41) is 0. The van der Waals surface area contributed by atoms with E-state index in [1.54, 1.807) is 6.20 Å². The molecule has 100 valence electrons. The summed E-state index contributed by atoms with van der Waals surface area (Å²) >= 11 is 0. The molecule has 0 radical (unpaired) electrons. The predicted molar refractivity (Wildman–Crippen MR) is 76.6 cm³/mol. The summed E-state index contributed by atoms with van der Waals surface area (Å²) in [5.74, 6) is 7.17. The van der Waals surface area contributed by atoms with Crippen LogP contribution in [0.2, 0.25) is 0 Å². The molecular formula is C14H19N5. The van der Waals surface area contributed by atoms with Crippen LogP contribution in [0.25, 0.3) is 11.5 Å². The summed E-state index contributed by atoms with van der Waals surface area (Å²) in [4.78, 5) is 13.4. The molecule has 2 aromatic rings. The minimum Gasteiger partial charge on any atom is -0.308 e. The Kier molecular flexibility index (Phi) is 3.76. The van der Waals surface area contributed by atoms with Gasteiger partial charge in [-0.3, -0.25) is 4.98 Å². The van der Waals surface area contributed by atoms with E-state index in [0.717, 1.165) is 22.5 Å². The van der Waals surface area contributed by atoms with E-state index in [1.165, 1.54) is 0 Å². The maximum Gasteiger partial charge on any atom is 0.180 e. The van der Waals surface area contributed by atoms with Gasteiger partial charge >= 0.3 is 0 Å². The van der Waals surface area contributed by atoms with Gasteiger partial charge in [-0.2, -0.15) is 0 Å². The highest BCUT2D eigenvalue weighted by atomic mass is 15.3. The van der Waals surface area contributed by atoms with Crippen LogP contribution < -0.4 is 11.3 Å². The van der Waals surface area contributed by atoms with Crippen molar-refractivity contribution < 1.29 is 0 Å². The summed E-state index contributed by atoms with van der Waals surface area (Å²) in [6, 6.07) is 3.89. The van der Waals surface area contributed by atoms with Gasteiger partial charge in [0.05, 0.1) is 0 Å². The van der Waals surface area contributed by atoms with Gasteiger partial charge in [0.25, 0.3) is 0 Å². The predicted octanol–water partition coefficient (Wildman–Crippen LogP) is 2.56. The number of nitrogens with zero attached hydrogens (tertiary/aromatic N) is 3. The Labute approximate surface area is 113 Å². The smallest absolute Gasteiger partial charge is 0.180 e. The fraction of sp³-hybridized carbons (Fsp3) is 0.357. The number of hydrogen-bond donors (Lipinski definition) is 2. The van der Waals surface area contributed by atoms with Crippen LogP contribution in [0.15, 0.2) is 18.3 Å². The highest BCUT2D eigenvalue weighted by Gasteiger charge is 2.16. The number of rotatable bonds is 3. The zero-order valence-electron chi connectivity index (χ0n) is 11.7. The zero-order chi connectivity index (χ0) is 14.0. The Balaban J connectivity index is 2.62. The second kappa shape index (κ2) is 5.32. The Morgan fingerprint density at radius 3 is 2.53 bits per heavy atom. The first-order valence-electron chi connectivity index (χ1n) is 6.31. The number of nitrogens with two attached hydrogens (primary N) is 1. The van der Waals surface area contributed by atoms with E-state index in [2.05, 4.69) is 34.2 Å². The molecule has 0 saturated carbocycles. The molecule has 0 atom stereocenters. The van der Waals surface area contributed by atoms with Gasteiger partial charge in [0.2, 0.25) is 0 Å². The molecule has 0 aromatic carbocycles. The SMILES string of the molecule is Cc1cccnc1-c1nc(C)c(C(C)C)c(NN)n1. The lowest BCUT2D eigenvalue weighted by Crippen LogP contribution is -2.15. The molecule has 3 N–H and O–H groups in total. The van der Waals surface area contributed by atoms with Crippen molar-refractivity contribution in [3.05, 3.63) is 35.2 Å². The van der Waals surface area contributed by atoms with Gasteiger partial charge in [-0.1, -0.05) is 19.9 Å². The van der Waals surface area contributed by atoms with Crippen LogP contribution in [0.1, 0.15) is 36.6 Å². The molecule has 2 rings (SSSR count). The maximum absolute atomic E-state index is 5.58. The van der Waals surface area contributed by atoms with E-state index in [9.17, 15) is 0 Å². The summed E-state index contributed by atoms with van der Waals surface area (Å²) in [6.45, 7) is 8.16. The summed E-state index contributed by atoms with van der Waals surface area (Å²) in [7, 11) is 0. The van der Waals surface area contributed by atoms with Gasteiger partial charge in [0, 0.05) is 17.5 Å². The monoisotopic (exact) mass is 257 g/mol. The normalized spacial score (nSPS) is 10.8. The summed E-state index contributed by atoms with van der Waals surface area (Å²) in [5.41, 5.74) is 6.47. The molecule has 2 aromatic heterocycles. The number of aryl methyl sites for hydroxylation is 2. The largest absolute Gasteiger partial charge is 0.308 e. The quantitative estimate of drug-likeness (QED) is 0.652. The number of anilines is 1. The standard InChI is InChI=1S/C14H19N5/c1-8(2)11-10(4)17-14(18-13(11)19-15)12-9(3)6-5-7-16-12/h5-8H,15H2,1-4H3,(H,17,18,19). The Bertz CT molecular complexity index is 592.